The predicted octanol–water partition coefficient (Wildman–Crippen LogP) is 4.78. The van der Waals surface area contributed by atoms with Crippen LogP contribution >= 0.6 is 0 Å². The molecule has 1 aromatic carbocycles. The van der Waals surface area contributed by atoms with Crippen LogP contribution in [0.4, 0.5) is 0 Å². The van der Waals surface area contributed by atoms with E-state index in [9.17, 15) is 9.59 Å². The van der Waals surface area contributed by atoms with Crippen LogP contribution in [0.25, 0.3) is 0 Å². The lowest BCUT2D eigenvalue weighted by atomic mass is 9.90. The molecule has 3 nitrogen and oxygen atoms in total. The molecule has 25 heavy (non-hydrogen) atoms. The maximum Gasteiger partial charge on any atom is 0.228 e. The Balaban J connectivity index is 1.60. The third-order valence-electron chi connectivity index (χ3n) is 5.99. The number of nitrogens with zero attached hydrogens (tertiary/aromatic N) is 1. The average molecular weight is 341 g/mol. The van der Waals surface area contributed by atoms with E-state index < -0.39 is 0 Å². The fourth-order valence-electron chi connectivity index (χ4n) is 4.26. The van der Waals surface area contributed by atoms with Gasteiger partial charge < -0.3 is 0 Å². The van der Waals surface area contributed by atoms with Crippen molar-refractivity contribution in [3.05, 3.63) is 35.4 Å². The molecule has 3 rings (SSSR count). The third-order valence-corrected chi connectivity index (χ3v) is 5.99. The molecule has 2 aliphatic rings. The fraction of sp³-hybridized carbons (Fsp3) is 0.636. The topological polar surface area (TPSA) is 37.4 Å². The van der Waals surface area contributed by atoms with Crippen molar-refractivity contribution in [3.63, 3.8) is 0 Å². The third kappa shape index (κ3) is 4.78. The molecule has 0 N–H and O–H groups in total. The van der Waals surface area contributed by atoms with Crippen LogP contribution < -0.4 is 0 Å². The highest BCUT2D eigenvalue weighted by molar-refractivity contribution is 6.44. The molecule has 1 aliphatic carbocycles. The first-order valence-electron chi connectivity index (χ1n) is 10.1. The van der Waals surface area contributed by atoms with Crippen LogP contribution in [0.2, 0.25) is 0 Å². The largest absolute Gasteiger partial charge is 0.296 e. The quantitative estimate of drug-likeness (QED) is 0.439. The zero-order valence-electron chi connectivity index (χ0n) is 15.5. The van der Waals surface area contributed by atoms with Gasteiger partial charge in [-0.15, -0.1) is 0 Å². The summed E-state index contributed by atoms with van der Waals surface area (Å²) in [6.07, 6.45) is 10.2. The minimum absolute atomic E-state index is 0.0520. The summed E-state index contributed by atoms with van der Waals surface area (Å²) >= 11 is 0. The molecule has 0 aromatic heterocycles. The van der Waals surface area contributed by atoms with Gasteiger partial charge in [-0.25, -0.2) is 0 Å². The van der Waals surface area contributed by atoms with E-state index in [0.717, 1.165) is 38.8 Å². The first-order chi connectivity index (χ1) is 12.1. The molecule has 1 heterocycles. The van der Waals surface area contributed by atoms with Crippen LogP contribution in [0.1, 0.15) is 80.6 Å². The summed E-state index contributed by atoms with van der Waals surface area (Å²) in [5.74, 6) is -0.507. The number of carbonyl (C=O) groups is 2. The number of carbonyl (C=O) groups excluding carboxylic acids is 2. The maximum atomic E-state index is 12.5. The van der Waals surface area contributed by atoms with Crippen LogP contribution in [0.5, 0.6) is 0 Å². The molecular weight excluding hydrogens is 310 g/mol. The van der Waals surface area contributed by atoms with E-state index in [2.05, 4.69) is 11.8 Å². The first kappa shape index (κ1) is 18.3. The van der Waals surface area contributed by atoms with Crippen LogP contribution in [0.3, 0.4) is 0 Å². The molecule has 0 radical (unpaired) electrons. The van der Waals surface area contributed by atoms with Gasteiger partial charge in [-0.3, -0.25) is 14.5 Å². The normalized spacial score (nSPS) is 23.2. The molecule has 1 aromatic rings. The van der Waals surface area contributed by atoms with E-state index in [1.807, 2.05) is 24.3 Å². The van der Waals surface area contributed by atoms with Crippen molar-refractivity contribution >= 4 is 11.6 Å². The van der Waals surface area contributed by atoms with Crippen LogP contribution in [-0.4, -0.2) is 29.1 Å². The SMILES string of the molecule is CC1CCCCN1Cc1ccc(C(=O)C(=O)C2CCCCCC2)cc1. The van der Waals surface area contributed by atoms with Crippen molar-refractivity contribution in [1.29, 1.82) is 0 Å². The maximum absolute atomic E-state index is 12.5. The van der Waals surface area contributed by atoms with Crippen molar-refractivity contribution in [2.45, 2.75) is 77.3 Å². The molecule has 136 valence electrons. The van der Waals surface area contributed by atoms with Crippen molar-refractivity contribution in [3.8, 4) is 0 Å². The Hall–Kier alpha value is -1.48. The van der Waals surface area contributed by atoms with Gasteiger partial charge in [0.15, 0.2) is 0 Å². The van der Waals surface area contributed by atoms with Gasteiger partial charge in [0.1, 0.15) is 0 Å². The molecule has 3 heteroatoms. The minimum atomic E-state index is -0.287. The van der Waals surface area contributed by atoms with E-state index >= 15 is 0 Å². The Labute approximate surface area is 151 Å². The van der Waals surface area contributed by atoms with Gasteiger partial charge in [-0.2, -0.15) is 0 Å². The van der Waals surface area contributed by atoms with E-state index in [-0.39, 0.29) is 17.5 Å². The number of Topliss-reactive ketones (excluding diaryl/α,β-unsaturated/α-hetero) is 2. The van der Waals surface area contributed by atoms with Gasteiger partial charge in [0, 0.05) is 24.1 Å². The second-order valence-electron chi connectivity index (χ2n) is 7.89. The highest BCUT2D eigenvalue weighted by Crippen LogP contribution is 2.25. The molecule has 1 aliphatic heterocycles. The smallest absolute Gasteiger partial charge is 0.228 e. The van der Waals surface area contributed by atoms with Gasteiger partial charge >= 0.3 is 0 Å². The number of likely N-dealkylation sites (tertiary alicyclic amines) is 1. The summed E-state index contributed by atoms with van der Waals surface area (Å²) in [5, 5.41) is 0. The van der Waals surface area contributed by atoms with Gasteiger partial charge in [0.2, 0.25) is 11.6 Å². The number of piperidine rings is 1. The highest BCUT2D eigenvalue weighted by Gasteiger charge is 2.26. The number of benzene rings is 1. The van der Waals surface area contributed by atoms with Crippen LogP contribution in [0.15, 0.2) is 24.3 Å². The van der Waals surface area contributed by atoms with E-state index in [4.69, 9.17) is 0 Å². The fourth-order valence-corrected chi connectivity index (χ4v) is 4.26. The van der Waals surface area contributed by atoms with Crippen molar-refractivity contribution in [2.24, 2.45) is 5.92 Å². The standard InChI is InChI=1S/C22H31NO2/c1-17-8-6-7-15-23(17)16-18-11-13-20(14-12-18)22(25)21(24)19-9-4-2-3-5-10-19/h11-14,17,19H,2-10,15-16H2,1H3. The number of hydrogen-bond donors (Lipinski definition) is 0. The van der Waals surface area contributed by atoms with E-state index in [1.165, 1.54) is 37.7 Å². The van der Waals surface area contributed by atoms with Gasteiger partial charge in [-0.05, 0) is 44.7 Å². The zero-order valence-corrected chi connectivity index (χ0v) is 15.5. The Morgan fingerprint density at radius 2 is 1.56 bits per heavy atom. The highest BCUT2D eigenvalue weighted by atomic mass is 16.2. The minimum Gasteiger partial charge on any atom is -0.296 e. The van der Waals surface area contributed by atoms with Gasteiger partial charge in [0.05, 0.1) is 0 Å². The van der Waals surface area contributed by atoms with E-state index in [0.29, 0.717) is 11.6 Å². The van der Waals surface area contributed by atoms with Crippen molar-refractivity contribution < 1.29 is 9.59 Å². The molecule has 0 spiro atoms. The van der Waals surface area contributed by atoms with Crippen molar-refractivity contribution in [1.82, 2.24) is 4.90 Å². The summed E-state index contributed by atoms with van der Waals surface area (Å²) < 4.78 is 0. The first-order valence-corrected chi connectivity index (χ1v) is 10.1. The van der Waals surface area contributed by atoms with Gasteiger partial charge in [-0.1, -0.05) is 56.4 Å². The number of hydrogen-bond acceptors (Lipinski definition) is 3. The molecular formula is C22H31NO2. The summed E-state index contributed by atoms with van der Waals surface area (Å²) in [6, 6.07) is 8.37. The molecule has 1 atom stereocenters. The molecule has 1 saturated carbocycles. The van der Waals surface area contributed by atoms with Crippen LogP contribution in [-0.2, 0) is 11.3 Å². The Bertz CT molecular complexity index is 585. The summed E-state index contributed by atoms with van der Waals surface area (Å²) in [6.45, 7) is 4.39. The summed E-state index contributed by atoms with van der Waals surface area (Å²) in [4.78, 5) is 27.6. The van der Waals surface area contributed by atoms with E-state index in [1.54, 1.807) is 0 Å². The molecule has 0 bridgehead atoms. The molecule has 1 saturated heterocycles. The monoisotopic (exact) mass is 341 g/mol. The Morgan fingerprint density at radius 1 is 0.920 bits per heavy atom. The second-order valence-corrected chi connectivity index (χ2v) is 7.89. The van der Waals surface area contributed by atoms with Gasteiger partial charge in [0.25, 0.3) is 0 Å². The zero-order chi connectivity index (χ0) is 17.6. The molecule has 1 unspecified atom stereocenters. The molecule has 2 fully saturated rings. The second kappa shape index (κ2) is 8.75. The summed E-state index contributed by atoms with van der Waals surface area (Å²) in [7, 11) is 0. The number of rotatable bonds is 5. The Kier molecular flexibility index (Phi) is 6.41. The molecule has 0 amide bonds. The predicted molar refractivity (Wildman–Crippen MR) is 101 cm³/mol. The lowest BCUT2D eigenvalue weighted by Crippen LogP contribution is -2.36. The Morgan fingerprint density at radius 3 is 2.20 bits per heavy atom. The average Bonchev–Trinajstić information content (AvgIpc) is 2.92. The van der Waals surface area contributed by atoms with Crippen LogP contribution in [0, 0.1) is 5.92 Å². The summed E-state index contributed by atoms with van der Waals surface area (Å²) in [5.41, 5.74) is 1.79. The van der Waals surface area contributed by atoms with Crippen molar-refractivity contribution in [2.75, 3.05) is 6.54 Å². The number of ketones is 2. The lowest BCUT2D eigenvalue weighted by Gasteiger charge is -2.33. The lowest BCUT2D eigenvalue weighted by molar-refractivity contribution is -0.119.